The first-order chi connectivity index (χ1) is 7.75. The van der Waals surface area contributed by atoms with Gasteiger partial charge < -0.3 is 14.8 Å². The molecule has 1 aliphatic rings. The molecule has 1 aliphatic heterocycles. The van der Waals surface area contributed by atoms with Gasteiger partial charge in [-0.25, -0.2) is 0 Å². The Kier molecular flexibility index (Phi) is 4.21. The molecule has 1 N–H and O–H groups in total. The van der Waals surface area contributed by atoms with Crippen LogP contribution in [0.5, 0.6) is 5.75 Å². The third-order valence-electron chi connectivity index (χ3n) is 2.57. The van der Waals surface area contributed by atoms with Crippen molar-refractivity contribution in [2.75, 3.05) is 26.3 Å². The summed E-state index contributed by atoms with van der Waals surface area (Å²) < 4.78 is 12.4. The highest BCUT2D eigenvalue weighted by Gasteiger charge is 2.13. The summed E-state index contributed by atoms with van der Waals surface area (Å²) in [7, 11) is 0. The van der Waals surface area contributed by atoms with E-state index in [1.165, 1.54) is 5.56 Å². The first kappa shape index (κ1) is 11.9. The van der Waals surface area contributed by atoms with E-state index in [0.717, 1.165) is 29.9 Å². The largest absolute Gasteiger partial charge is 0.491 e. The average Bonchev–Trinajstić information content (AvgIpc) is 2.32. The van der Waals surface area contributed by atoms with Crippen molar-refractivity contribution in [2.45, 2.75) is 13.0 Å². The lowest BCUT2D eigenvalue weighted by Crippen LogP contribution is -2.41. The number of morpholine rings is 1. The monoisotopic (exact) mass is 285 g/mol. The van der Waals surface area contributed by atoms with E-state index in [1.54, 1.807) is 0 Å². The first-order valence-corrected chi connectivity index (χ1v) is 6.26. The van der Waals surface area contributed by atoms with Crippen molar-refractivity contribution in [2.24, 2.45) is 0 Å². The Bertz CT molecular complexity index is 351. The maximum Gasteiger partial charge on any atom is 0.119 e. The van der Waals surface area contributed by atoms with Crippen LogP contribution in [0.3, 0.4) is 0 Å². The lowest BCUT2D eigenvalue weighted by atomic mass is 10.2. The maximum absolute atomic E-state index is 5.70. The fourth-order valence-corrected chi connectivity index (χ4v) is 1.87. The van der Waals surface area contributed by atoms with Crippen molar-refractivity contribution in [1.82, 2.24) is 5.32 Å². The number of hydrogen-bond donors (Lipinski definition) is 1. The fraction of sp³-hybridized carbons (Fsp3) is 0.500. The minimum Gasteiger partial charge on any atom is -0.491 e. The van der Waals surface area contributed by atoms with Gasteiger partial charge in [-0.05, 0) is 30.7 Å². The quantitative estimate of drug-likeness (QED) is 0.923. The molecule has 1 unspecified atom stereocenters. The molecule has 88 valence electrons. The first-order valence-electron chi connectivity index (χ1n) is 5.47. The number of benzene rings is 1. The predicted molar refractivity (Wildman–Crippen MR) is 67.0 cm³/mol. The Hall–Kier alpha value is -0.580. The van der Waals surface area contributed by atoms with Gasteiger partial charge in [-0.3, -0.25) is 0 Å². The fourth-order valence-electron chi connectivity index (χ4n) is 1.62. The van der Waals surface area contributed by atoms with E-state index in [1.807, 2.05) is 18.2 Å². The van der Waals surface area contributed by atoms with Gasteiger partial charge >= 0.3 is 0 Å². The Labute approximate surface area is 104 Å². The molecule has 1 fully saturated rings. The highest BCUT2D eigenvalue weighted by Crippen LogP contribution is 2.21. The summed E-state index contributed by atoms with van der Waals surface area (Å²) in [6.45, 7) is 5.24. The van der Waals surface area contributed by atoms with Gasteiger partial charge in [0.05, 0.1) is 6.61 Å². The number of rotatable bonds is 3. The van der Waals surface area contributed by atoms with Crippen molar-refractivity contribution in [3.05, 3.63) is 28.2 Å². The van der Waals surface area contributed by atoms with Gasteiger partial charge in [0.15, 0.2) is 0 Å². The molecule has 0 saturated carbocycles. The van der Waals surface area contributed by atoms with Gasteiger partial charge in [-0.1, -0.05) is 15.9 Å². The minimum absolute atomic E-state index is 0.165. The highest BCUT2D eigenvalue weighted by molar-refractivity contribution is 9.10. The molecular weight excluding hydrogens is 270 g/mol. The van der Waals surface area contributed by atoms with E-state index in [9.17, 15) is 0 Å². The number of nitrogens with one attached hydrogen (secondary N) is 1. The van der Waals surface area contributed by atoms with Crippen molar-refractivity contribution >= 4 is 15.9 Å². The number of halogens is 1. The molecule has 2 rings (SSSR count). The summed E-state index contributed by atoms with van der Waals surface area (Å²) in [6, 6.07) is 6.00. The summed E-state index contributed by atoms with van der Waals surface area (Å²) in [4.78, 5) is 0. The zero-order valence-electron chi connectivity index (χ0n) is 9.33. The molecular formula is C12H16BrNO2. The zero-order chi connectivity index (χ0) is 11.4. The normalized spacial score (nSPS) is 20.8. The van der Waals surface area contributed by atoms with E-state index in [4.69, 9.17) is 9.47 Å². The number of aryl methyl sites for hydroxylation is 1. The molecule has 0 radical (unpaired) electrons. The molecule has 1 aromatic carbocycles. The second kappa shape index (κ2) is 5.66. The Morgan fingerprint density at radius 3 is 3.12 bits per heavy atom. The molecule has 1 aromatic rings. The van der Waals surface area contributed by atoms with E-state index in [0.29, 0.717) is 6.61 Å². The van der Waals surface area contributed by atoms with Crippen LogP contribution in [0, 0.1) is 6.92 Å². The Balaban J connectivity index is 1.86. The molecule has 0 amide bonds. The van der Waals surface area contributed by atoms with Crippen LogP contribution in [0.4, 0.5) is 0 Å². The van der Waals surface area contributed by atoms with Crippen molar-refractivity contribution in [3.63, 3.8) is 0 Å². The molecule has 3 nitrogen and oxygen atoms in total. The molecule has 1 atom stereocenters. The Morgan fingerprint density at radius 1 is 1.56 bits per heavy atom. The Morgan fingerprint density at radius 2 is 2.44 bits per heavy atom. The summed E-state index contributed by atoms with van der Waals surface area (Å²) in [6.07, 6.45) is 0.165. The summed E-state index contributed by atoms with van der Waals surface area (Å²) in [5.41, 5.74) is 1.18. The highest BCUT2D eigenvalue weighted by atomic mass is 79.9. The molecule has 0 aliphatic carbocycles. The number of ether oxygens (including phenoxy) is 2. The van der Waals surface area contributed by atoms with Crippen LogP contribution in [-0.4, -0.2) is 32.4 Å². The van der Waals surface area contributed by atoms with E-state index in [2.05, 4.69) is 28.2 Å². The smallest absolute Gasteiger partial charge is 0.119 e. The third-order valence-corrected chi connectivity index (χ3v) is 3.46. The van der Waals surface area contributed by atoms with E-state index < -0.39 is 0 Å². The predicted octanol–water partition coefficient (Wildman–Crippen LogP) is 2.12. The summed E-state index contributed by atoms with van der Waals surface area (Å²) in [5.74, 6) is 0.898. The van der Waals surface area contributed by atoms with Crippen molar-refractivity contribution < 1.29 is 9.47 Å². The van der Waals surface area contributed by atoms with Gasteiger partial charge in [0, 0.05) is 17.6 Å². The van der Waals surface area contributed by atoms with E-state index >= 15 is 0 Å². The molecule has 16 heavy (non-hydrogen) atoms. The van der Waals surface area contributed by atoms with Crippen LogP contribution in [0.2, 0.25) is 0 Å². The molecule has 4 heteroatoms. The average molecular weight is 286 g/mol. The molecule has 0 aromatic heterocycles. The van der Waals surface area contributed by atoms with Gasteiger partial charge in [0.2, 0.25) is 0 Å². The topological polar surface area (TPSA) is 30.5 Å². The molecule has 0 bridgehead atoms. The van der Waals surface area contributed by atoms with Crippen LogP contribution in [0.1, 0.15) is 5.56 Å². The van der Waals surface area contributed by atoms with Crippen LogP contribution >= 0.6 is 15.9 Å². The minimum atomic E-state index is 0.165. The van der Waals surface area contributed by atoms with E-state index in [-0.39, 0.29) is 6.10 Å². The second-order valence-electron chi connectivity index (χ2n) is 3.92. The van der Waals surface area contributed by atoms with Crippen molar-refractivity contribution in [3.8, 4) is 5.75 Å². The van der Waals surface area contributed by atoms with Gasteiger partial charge in [0.25, 0.3) is 0 Å². The van der Waals surface area contributed by atoms with Crippen LogP contribution in [-0.2, 0) is 4.74 Å². The van der Waals surface area contributed by atoms with Crippen LogP contribution in [0.25, 0.3) is 0 Å². The zero-order valence-corrected chi connectivity index (χ0v) is 10.9. The van der Waals surface area contributed by atoms with Crippen LogP contribution in [0.15, 0.2) is 22.7 Å². The summed E-state index contributed by atoms with van der Waals surface area (Å²) >= 11 is 3.47. The molecule has 1 heterocycles. The van der Waals surface area contributed by atoms with Gasteiger partial charge in [-0.15, -0.1) is 0 Å². The number of hydrogen-bond acceptors (Lipinski definition) is 3. The second-order valence-corrected chi connectivity index (χ2v) is 4.77. The lowest BCUT2D eigenvalue weighted by molar-refractivity contribution is 0.000182. The van der Waals surface area contributed by atoms with Gasteiger partial charge in [0.1, 0.15) is 18.5 Å². The molecule has 0 spiro atoms. The van der Waals surface area contributed by atoms with Crippen LogP contribution < -0.4 is 10.1 Å². The standard InChI is InChI=1S/C12H16BrNO2/c1-9-6-10(2-3-12(9)13)16-8-11-7-14-4-5-15-11/h2-3,6,11,14H,4-5,7-8H2,1H3. The maximum atomic E-state index is 5.70. The lowest BCUT2D eigenvalue weighted by Gasteiger charge is -2.23. The van der Waals surface area contributed by atoms with Crippen molar-refractivity contribution in [1.29, 1.82) is 0 Å². The summed E-state index contributed by atoms with van der Waals surface area (Å²) in [5, 5.41) is 3.28. The molecule has 1 saturated heterocycles. The SMILES string of the molecule is Cc1cc(OCC2CNCCO2)ccc1Br. The van der Waals surface area contributed by atoms with Gasteiger partial charge in [-0.2, -0.15) is 0 Å². The third kappa shape index (κ3) is 3.20.